The van der Waals surface area contributed by atoms with Crippen molar-refractivity contribution in [1.29, 1.82) is 0 Å². The highest BCUT2D eigenvalue weighted by Crippen LogP contribution is 2.34. The van der Waals surface area contributed by atoms with E-state index in [0.29, 0.717) is 6.04 Å². The molecule has 1 aromatic carbocycles. The molecule has 2 aromatic rings. The fourth-order valence-corrected chi connectivity index (χ4v) is 3.65. The summed E-state index contributed by atoms with van der Waals surface area (Å²) in [5.74, 6) is 0. The van der Waals surface area contributed by atoms with Crippen molar-refractivity contribution in [2.75, 3.05) is 0 Å². The minimum atomic E-state index is 0.613. The molecular formula is C16H19NS. The molecule has 2 heterocycles. The number of rotatable bonds is 2. The van der Waals surface area contributed by atoms with Crippen LogP contribution in [0.4, 0.5) is 0 Å². The van der Waals surface area contributed by atoms with E-state index in [9.17, 15) is 0 Å². The van der Waals surface area contributed by atoms with Crippen LogP contribution in [0.15, 0.2) is 30.3 Å². The Bertz CT molecular complexity index is 539. The van der Waals surface area contributed by atoms with Crippen LogP contribution in [0.1, 0.15) is 29.9 Å². The van der Waals surface area contributed by atoms with Gasteiger partial charge in [0.05, 0.1) is 0 Å². The number of aryl methyl sites for hydroxylation is 1. The highest BCUT2D eigenvalue weighted by atomic mass is 32.1. The number of fused-ring (bicyclic) bond motifs is 1. The topological polar surface area (TPSA) is 12.0 Å². The Hall–Kier alpha value is -1.12. The van der Waals surface area contributed by atoms with Gasteiger partial charge >= 0.3 is 0 Å². The molecule has 3 rings (SSSR count). The highest BCUT2D eigenvalue weighted by Gasteiger charge is 2.17. The zero-order valence-corrected chi connectivity index (χ0v) is 11.8. The molecular weight excluding hydrogens is 238 g/mol. The third-order valence-corrected chi connectivity index (χ3v) is 4.91. The maximum Gasteiger partial charge on any atom is 0.0349 e. The van der Waals surface area contributed by atoms with Gasteiger partial charge in [0.1, 0.15) is 0 Å². The SMILES string of the molecule is CCc1ccc(-c2cc3c(s2)CNC(C)C3)cc1. The van der Waals surface area contributed by atoms with Gasteiger partial charge in [0.15, 0.2) is 0 Å². The van der Waals surface area contributed by atoms with Gasteiger partial charge in [0, 0.05) is 22.3 Å². The Labute approximate surface area is 113 Å². The van der Waals surface area contributed by atoms with Crippen LogP contribution in [-0.2, 0) is 19.4 Å². The smallest absolute Gasteiger partial charge is 0.0349 e. The number of benzene rings is 1. The fraction of sp³-hybridized carbons (Fsp3) is 0.375. The Morgan fingerprint density at radius 2 is 2.06 bits per heavy atom. The molecule has 0 saturated carbocycles. The first-order chi connectivity index (χ1) is 8.76. The first-order valence-electron chi connectivity index (χ1n) is 6.70. The van der Waals surface area contributed by atoms with Crippen molar-refractivity contribution in [3.05, 3.63) is 46.3 Å². The maximum absolute atomic E-state index is 3.53. The molecule has 1 nitrogen and oxygen atoms in total. The maximum atomic E-state index is 3.53. The number of hydrogen-bond donors (Lipinski definition) is 1. The lowest BCUT2D eigenvalue weighted by Crippen LogP contribution is -2.31. The molecule has 1 aromatic heterocycles. The van der Waals surface area contributed by atoms with Gasteiger partial charge in [-0.1, -0.05) is 31.2 Å². The van der Waals surface area contributed by atoms with E-state index in [0.717, 1.165) is 13.0 Å². The summed E-state index contributed by atoms with van der Waals surface area (Å²) >= 11 is 1.94. The number of thiophene rings is 1. The van der Waals surface area contributed by atoms with Crippen molar-refractivity contribution >= 4 is 11.3 Å². The quantitative estimate of drug-likeness (QED) is 0.857. The molecule has 0 radical (unpaired) electrons. The molecule has 1 aliphatic heterocycles. The van der Waals surface area contributed by atoms with E-state index in [-0.39, 0.29) is 0 Å². The molecule has 0 fully saturated rings. The number of nitrogens with one attached hydrogen (secondary N) is 1. The predicted molar refractivity (Wildman–Crippen MR) is 79.1 cm³/mol. The monoisotopic (exact) mass is 257 g/mol. The molecule has 1 aliphatic rings. The van der Waals surface area contributed by atoms with E-state index in [1.165, 1.54) is 27.3 Å². The van der Waals surface area contributed by atoms with Gasteiger partial charge in [0.2, 0.25) is 0 Å². The summed E-state index contributed by atoms with van der Waals surface area (Å²) in [7, 11) is 0. The van der Waals surface area contributed by atoms with E-state index in [1.54, 1.807) is 5.56 Å². The van der Waals surface area contributed by atoms with Gasteiger partial charge < -0.3 is 5.32 Å². The van der Waals surface area contributed by atoms with Crippen LogP contribution < -0.4 is 5.32 Å². The molecule has 1 N–H and O–H groups in total. The van der Waals surface area contributed by atoms with Crippen molar-refractivity contribution in [2.45, 2.75) is 39.3 Å². The summed E-state index contributed by atoms with van der Waals surface area (Å²) in [4.78, 5) is 2.93. The van der Waals surface area contributed by atoms with Crippen LogP contribution in [0.25, 0.3) is 10.4 Å². The van der Waals surface area contributed by atoms with Gasteiger partial charge in [-0.25, -0.2) is 0 Å². The van der Waals surface area contributed by atoms with E-state index in [4.69, 9.17) is 0 Å². The summed E-state index contributed by atoms with van der Waals surface area (Å²) in [5, 5.41) is 3.53. The molecule has 94 valence electrons. The summed E-state index contributed by atoms with van der Waals surface area (Å²) in [5.41, 5.74) is 4.32. The summed E-state index contributed by atoms with van der Waals surface area (Å²) in [6.45, 7) is 5.50. The van der Waals surface area contributed by atoms with Crippen molar-refractivity contribution in [3.63, 3.8) is 0 Å². The molecule has 1 unspecified atom stereocenters. The van der Waals surface area contributed by atoms with Crippen molar-refractivity contribution in [1.82, 2.24) is 5.32 Å². The van der Waals surface area contributed by atoms with Crippen molar-refractivity contribution < 1.29 is 0 Å². The molecule has 0 bridgehead atoms. The average Bonchev–Trinajstić information content (AvgIpc) is 2.81. The Morgan fingerprint density at radius 3 is 2.78 bits per heavy atom. The lowest BCUT2D eigenvalue weighted by molar-refractivity contribution is 0.520. The van der Waals surface area contributed by atoms with Gasteiger partial charge in [-0.05, 0) is 42.5 Å². The van der Waals surface area contributed by atoms with E-state index in [1.807, 2.05) is 11.3 Å². The van der Waals surface area contributed by atoms with Crippen LogP contribution in [0.5, 0.6) is 0 Å². The Kier molecular flexibility index (Phi) is 3.23. The third-order valence-electron chi connectivity index (χ3n) is 3.68. The third kappa shape index (κ3) is 2.23. The van der Waals surface area contributed by atoms with Crippen LogP contribution in [0.3, 0.4) is 0 Å². The second-order valence-electron chi connectivity index (χ2n) is 5.10. The first kappa shape index (κ1) is 11.9. The molecule has 1 atom stereocenters. The van der Waals surface area contributed by atoms with Gasteiger partial charge in [-0.2, -0.15) is 0 Å². The average molecular weight is 257 g/mol. The van der Waals surface area contributed by atoms with Crippen LogP contribution in [0, 0.1) is 0 Å². The summed E-state index contributed by atoms with van der Waals surface area (Å²) in [6.07, 6.45) is 2.28. The van der Waals surface area contributed by atoms with Gasteiger partial charge in [-0.15, -0.1) is 11.3 Å². The molecule has 0 amide bonds. The molecule has 2 heteroatoms. The first-order valence-corrected chi connectivity index (χ1v) is 7.52. The Morgan fingerprint density at radius 1 is 1.28 bits per heavy atom. The highest BCUT2D eigenvalue weighted by molar-refractivity contribution is 7.15. The molecule has 18 heavy (non-hydrogen) atoms. The lowest BCUT2D eigenvalue weighted by atomic mass is 10.0. The largest absolute Gasteiger partial charge is 0.309 e. The summed E-state index contributed by atoms with van der Waals surface area (Å²) < 4.78 is 0. The molecule has 0 spiro atoms. The van der Waals surface area contributed by atoms with Crippen LogP contribution in [0.2, 0.25) is 0 Å². The number of hydrogen-bond acceptors (Lipinski definition) is 2. The summed E-state index contributed by atoms with van der Waals surface area (Å²) in [6, 6.07) is 12.0. The van der Waals surface area contributed by atoms with E-state index >= 15 is 0 Å². The second kappa shape index (κ2) is 4.87. The van der Waals surface area contributed by atoms with Crippen molar-refractivity contribution in [3.8, 4) is 10.4 Å². The van der Waals surface area contributed by atoms with E-state index in [2.05, 4.69) is 49.5 Å². The molecule has 0 saturated heterocycles. The van der Waals surface area contributed by atoms with Gasteiger partial charge in [0.25, 0.3) is 0 Å². The van der Waals surface area contributed by atoms with Crippen LogP contribution >= 0.6 is 11.3 Å². The Balaban J connectivity index is 1.92. The predicted octanol–water partition coefficient (Wildman–Crippen LogP) is 4.01. The molecule has 0 aliphatic carbocycles. The van der Waals surface area contributed by atoms with Crippen LogP contribution in [-0.4, -0.2) is 6.04 Å². The zero-order valence-electron chi connectivity index (χ0n) is 11.0. The lowest BCUT2D eigenvalue weighted by Gasteiger charge is -2.19. The van der Waals surface area contributed by atoms with Crippen molar-refractivity contribution in [2.24, 2.45) is 0 Å². The minimum Gasteiger partial charge on any atom is -0.309 e. The second-order valence-corrected chi connectivity index (χ2v) is 6.23. The minimum absolute atomic E-state index is 0.613. The van der Waals surface area contributed by atoms with Gasteiger partial charge in [-0.3, -0.25) is 0 Å². The standard InChI is InChI=1S/C16H19NS/c1-3-12-4-6-13(7-5-12)15-9-14-8-11(2)17-10-16(14)18-15/h4-7,9,11,17H,3,8,10H2,1-2H3. The fourth-order valence-electron chi connectivity index (χ4n) is 2.50. The normalized spacial score (nSPS) is 18.7. The van der Waals surface area contributed by atoms with E-state index < -0.39 is 0 Å². The zero-order chi connectivity index (χ0) is 12.5.